The summed E-state index contributed by atoms with van der Waals surface area (Å²) in [5.74, 6) is 1.09. The zero-order chi connectivity index (χ0) is 14.7. The van der Waals surface area contributed by atoms with Gasteiger partial charge in [0, 0.05) is 17.6 Å². The van der Waals surface area contributed by atoms with Gasteiger partial charge in [0.05, 0.1) is 19.2 Å². The maximum atomic E-state index is 12.2. The van der Waals surface area contributed by atoms with Crippen LogP contribution < -0.4 is 14.8 Å². The van der Waals surface area contributed by atoms with Crippen LogP contribution in [0.15, 0.2) is 16.6 Å². The Bertz CT molecular complexity index is 501. The van der Waals surface area contributed by atoms with Crippen molar-refractivity contribution >= 4 is 21.7 Å². The molecule has 1 saturated heterocycles. The highest BCUT2D eigenvalue weighted by Crippen LogP contribution is 2.36. The number of ether oxygens (including phenoxy) is 2. The first-order valence-electron chi connectivity index (χ1n) is 6.45. The van der Waals surface area contributed by atoms with Crippen LogP contribution in [0.4, 0.5) is 0 Å². The Kier molecular flexibility index (Phi) is 5.01. The average Bonchev–Trinajstić information content (AvgIpc) is 2.38. The van der Waals surface area contributed by atoms with E-state index in [1.54, 1.807) is 20.2 Å². The molecule has 1 fully saturated rings. The molecule has 1 aromatic rings. The van der Waals surface area contributed by atoms with E-state index in [9.17, 15) is 4.79 Å². The molecule has 0 amide bonds. The maximum Gasteiger partial charge on any atom is 0.180 e. The SMILES string of the molecule is CNCC(=O)c1cc(Br)cc(OC)c1OC1CN(C)C1. The van der Waals surface area contributed by atoms with E-state index in [1.807, 2.05) is 13.1 Å². The van der Waals surface area contributed by atoms with Crippen molar-refractivity contribution < 1.29 is 14.3 Å². The van der Waals surface area contributed by atoms with Gasteiger partial charge in [0.1, 0.15) is 6.10 Å². The van der Waals surface area contributed by atoms with Crippen molar-refractivity contribution in [3.63, 3.8) is 0 Å². The van der Waals surface area contributed by atoms with Crippen molar-refractivity contribution in [1.82, 2.24) is 10.2 Å². The third-order valence-corrected chi connectivity index (χ3v) is 3.65. The summed E-state index contributed by atoms with van der Waals surface area (Å²) in [6.45, 7) is 1.98. The molecule has 1 heterocycles. The van der Waals surface area contributed by atoms with Crippen molar-refractivity contribution in [2.45, 2.75) is 6.10 Å². The van der Waals surface area contributed by atoms with Crippen molar-refractivity contribution in [2.75, 3.05) is 40.8 Å². The lowest BCUT2D eigenvalue weighted by atomic mass is 10.1. The summed E-state index contributed by atoms with van der Waals surface area (Å²) < 4.78 is 12.1. The van der Waals surface area contributed by atoms with Crippen molar-refractivity contribution in [3.05, 3.63) is 22.2 Å². The van der Waals surface area contributed by atoms with Gasteiger partial charge in [-0.3, -0.25) is 9.69 Å². The number of halogens is 1. The van der Waals surface area contributed by atoms with Crippen LogP contribution in [0.5, 0.6) is 11.5 Å². The summed E-state index contributed by atoms with van der Waals surface area (Å²) in [6.07, 6.45) is 0.108. The molecule has 20 heavy (non-hydrogen) atoms. The highest BCUT2D eigenvalue weighted by molar-refractivity contribution is 9.10. The number of hydrogen-bond acceptors (Lipinski definition) is 5. The molecule has 110 valence electrons. The summed E-state index contributed by atoms with van der Waals surface area (Å²) in [7, 11) is 5.36. The third kappa shape index (κ3) is 3.31. The molecule has 6 heteroatoms. The fourth-order valence-electron chi connectivity index (χ4n) is 2.19. The Labute approximate surface area is 127 Å². The monoisotopic (exact) mass is 342 g/mol. The lowest BCUT2D eigenvalue weighted by Crippen LogP contribution is -2.51. The zero-order valence-corrected chi connectivity index (χ0v) is 13.5. The maximum absolute atomic E-state index is 12.2. The first-order chi connectivity index (χ1) is 9.55. The Balaban J connectivity index is 2.31. The summed E-state index contributed by atoms with van der Waals surface area (Å²) in [6, 6.07) is 3.59. The van der Waals surface area contributed by atoms with E-state index in [-0.39, 0.29) is 18.4 Å². The van der Waals surface area contributed by atoms with E-state index in [0.717, 1.165) is 17.6 Å². The number of benzene rings is 1. The summed E-state index contributed by atoms with van der Waals surface area (Å²) in [4.78, 5) is 14.4. The molecule has 5 nitrogen and oxygen atoms in total. The summed E-state index contributed by atoms with van der Waals surface area (Å²) >= 11 is 3.40. The number of nitrogens with one attached hydrogen (secondary N) is 1. The molecule has 0 atom stereocenters. The number of carbonyl (C=O) groups is 1. The number of hydrogen-bond donors (Lipinski definition) is 1. The largest absolute Gasteiger partial charge is 0.493 e. The van der Waals surface area contributed by atoms with E-state index in [4.69, 9.17) is 9.47 Å². The van der Waals surface area contributed by atoms with Gasteiger partial charge >= 0.3 is 0 Å². The molecule has 1 aliphatic rings. The van der Waals surface area contributed by atoms with E-state index in [2.05, 4.69) is 26.1 Å². The van der Waals surface area contributed by atoms with Crippen LogP contribution in [-0.4, -0.2) is 57.6 Å². The standard InChI is InChI=1S/C14H19BrN2O3/c1-16-6-12(18)11-4-9(15)5-13(19-3)14(11)20-10-7-17(2)8-10/h4-5,10,16H,6-8H2,1-3H3. The van der Waals surface area contributed by atoms with Gasteiger partial charge in [0.25, 0.3) is 0 Å². The van der Waals surface area contributed by atoms with E-state index in [1.165, 1.54) is 0 Å². The second-order valence-electron chi connectivity index (χ2n) is 4.90. The van der Waals surface area contributed by atoms with Gasteiger partial charge in [0.2, 0.25) is 0 Å². The quantitative estimate of drug-likeness (QED) is 0.795. The van der Waals surface area contributed by atoms with E-state index in [0.29, 0.717) is 17.1 Å². The molecule has 1 aromatic carbocycles. The predicted molar refractivity (Wildman–Crippen MR) is 80.9 cm³/mol. The number of likely N-dealkylation sites (N-methyl/N-ethyl adjacent to an activating group) is 2. The molecule has 0 aromatic heterocycles. The minimum Gasteiger partial charge on any atom is -0.493 e. The zero-order valence-electron chi connectivity index (χ0n) is 11.9. The molecular formula is C14H19BrN2O3. The molecule has 1 N–H and O–H groups in total. The van der Waals surface area contributed by atoms with Crippen LogP contribution in [0.25, 0.3) is 0 Å². The number of ketones is 1. The van der Waals surface area contributed by atoms with E-state index < -0.39 is 0 Å². The fraction of sp³-hybridized carbons (Fsp3) is 0.500. The van der Waals surface area contributed by atoms with Gasteiger partial charge < -0.3 is 14.8 Å². The van der Waals surface area contributed by atoms with E-state index >= 15 is 0 Å². The Hall–Kier alpha value is -1.11. The minimum absolute atomic E-state index is 0.0187. The lowest BCUT2D eigenvalue weighted by Gasteiger charge is -2.36. The summed E-state index contributed by atoms with van der Waals surface area (Å²) in [5.41, 5.74) is 0.542. The minimum atomic E-state index is -0.0187. The normalized spacial score (nSPS) is 15.8. The number of likely N-dealkylation sites (tertiary alicyclic amines) is 1. The Morgan fingerprint density at radius 3 is 2.75 bits per heavy atom. The first-order valence-corrected chi connectivity index (χ1v) is 7.25. The molecule has 0 radical (unpaired) electrons. The molecule has 1 aliphatic heterocycles. The molecule has 2 rings (SSSR count). The van der Waals surface area contributed by atoms with Crippen molar-refractivity contribution in [1.29, 1.82) is 0 Å². The first kappa shape index (κ1) is 15.3. The van der Waals surface area contributed by atoms with Gasteiger partial charge in [-0.25, -0.2) is 0 Å². The fourth-order valence-corrected chi connectivity index (χ4v) is 2.62. The van der Waals surface area contributed by atoms with Crippen LogP contribution in [0.3, 0.4) is 0 Å². The smallest absolute Gasteiger partial charge is 0.180 e. The Morgan fingerprint density at radius 1 is 1.50 bits per heavy atom. The van der Waals surface area contributed by atoms with Gasteiger partial charge in [-0.05, 0) is 26.2 Å². The van der Waals surface area contributed by atoms with Gasteiger partial charge in [-0.2, -0.15) is 0 Å². The van der Waals surface area contributed by atoms with Gasteiger partial charge in [0.15, 0.2) is 17.3 Å². The number of Topliss-reactive ketones (excluding diaryl/α,β-unsaturated/α-hetero) is 1. The number of nitrogens with zero attached hydrogens (tertiary/aromatic N) is 1. The Morgan fingerprint density at radius 2 is 2.20 bits per heavy atom. The van der Waals surface area contributed by atoms with Crippen LogP contribution in [0, 0.1) is 0 Å². The molecule has 0 spiro atoms. The lowest BCUT2D eigenvalue weighted by molar-refractivity contribution is 0.0362. The highest BCUT2D eigenvalue weighted by Gasteiger charge is 2.28. The third-order valence-electron chi connectivity index (χ3n) is 3.19. The number of methoxy groups -OCH3 is 1. The van der Waals surface area contributed by atoms with Crippen LogP contribution >= 0.6 is 15.9 Å². The second-order valence-corrected chi connectivity index (χ2v) is 5.81. The second kappa shape index (κ2) is 6.56. The van der Waals surface area contributed by atoms with Crippen molar-refractivity contribution in [2.24, 2.45) is 0 Å². The molecule has 0 saturated carbocycles. The number of rotatable bonds is 6. The summed E-state index contributed by atoms with van der Waals surface area (Å²) in [5, 5.41) is 2.87. The molecule has 0 bridgehead atoms. The molecule has 0 aliphatic carbocycles. The van der Waals surface area contributed by atoms with Crippen LogP contribution in [-0.2, 0) is 0 Å². The number of carbonyl (C=O) groups excluding carboxylic acids is 1. The molecular weight excluding hydrogens is 324 g/mol. The topological polar surface area (TPSA) is 50.8 Å². The molecule has 0 unspecified atom stereocenters. The van der Waals surface area contributed by atoms with Gasteiger partial charge in [-0.1, -0.05) is 15.9 Å². The highest BCUT2D eigenvalue weighted by atomic mass is 79.9. The van der Waals surface area contributed by atoms with Crippen LogP contribution in [0.1, 0.15) is 10.4 Å². The van der Waals surface area contributed by atoms with Gasteiger partial charge in [-0.15, -0.1) is 0 Å². The van der Waals surface area contributed by atoms with Crippen LogP contribution in [0.2, 0.25) is 0 Å². The average molecular weight is 343 g/mol. The predicted octanol–water partition coefficient (Wildman–Crippen LogP) is 1.55. The van der Waals surface area contributed by atoms with Crippen molar-refractivity contribution in [3.8, 4) is 11.5 Å².